The quantitative estimate of drug-likeness (QED) is 0.0197. The topological polar surface area (TPSA) is 178 Å². The molecule has 0 spiro atoms. The third-order valence-electron chi connectivity index (χ3n) is 11.7. The molecule has 0 aliphatic carbocycles. The highest BCUT2D eigenvalue weighted by Crippen LogP contribution is 2.26. The predicted molar refractivity (Wildman–Crippen MR) is 257 cm³/mol. The molecule has 1 aliphatic heterocycles. The van der Waals surface area contributed by atoms with E-state index in [4.69, 9.17) is 18.9 Å². The highest BCUT2D eigenvalue weighted by Gasteiger charge is 2.48. The average molecular weight is 931 g/mol. The fraction of sp³-hybridized carbons (Fsp3) is 0.863. The number of aliphatic hydroxyl groups is 3. The molecule has 376 valence electrons. The number of allylic oxidation sites excluding steroid dienone is 6. The maximum atomic E-state index is 12.8. The monoisotopic (exact) mass is 931 g/mol. The van der Waals surface area contributed by atoms with Gasteiger partial charge in [-0.25, -0.2) is 4.18 Å². The van der Waals surface area contributed by atoms with Gasteiger partial charge in [-0.15, -0.1) is 0 Å². The van der Waals surface area contributed by atoms with Crippen LogP contribution in [-0.4, -0.2) is 97.5 Å². The molecule has 0 aromatic heterocycles. The molecule has 0 saturated carbocycles. The first-order valence-electron chi connectivity index (χ1n) is 25.7. The van der Waals surface area contributed by atoms with E-state index in [0.717, 1.165) is 64.2 Å². The molecular weight excluding hydrogens is 837 g/mol. The number of carbonyl (C=O) groups is 1. The van der Waals surface area contributed by atoms with E-state index in [0.29, 0.717) is 13.0 Å². The van der Waals surface area contributed by atoms with E-state index in [1.807, 2.05) is 0 Å². The van der Waals surface area contributed by atoms with E-state index < -0.39 is 59.8 Å². The Labute approximate surface area is 390 Å². The summed E-state index contributed by atoms with van der Waals surface area (Å²) < 4.78 is 59.1. The summed E-state index contributed by atoms with van der Waals surface area (Å²) in [7, 11) is -5.06. The molecule has 1 heterocycles. The maximum absolute atomic E-state index is 12.8. The van der Waals surface area contributed by atoms with Crippen LogP contribution in [0.15, 0.2) is 36.5 Å². The van der Waals surface area contributed by atoms with E-state index in [9.17, 15) is 33.1 Å². The molecule has 0 bridgehead atoms. The van der Waals surface area contributed by atoms with Crippen LogP contribution >= 0.6 is 0 Å². The minimum absolute atomic E-state index is 0.0338. The minimum atomic E-state index is -5.06. The molecule has 1 rings (SSSR count). The number of esters is 1. The van der Waals surface area contributed by atoms with Gasteiger partial charge in [-0.05, 0) is 64.2 Å². The molecule has 0 amide bonds. The summed E-state index contributed by atoms with van der Waals surface area (Å²) in [5, 5.41) is 30.7. The van der Waals surface area contributed by atoms with E-state index >= 15 is 0 Å². The lowest BCUT2D eigenvalue weighted by Gasteiger charge is -2.41. The fourth-order valence-corrected chi connectivity index (χ4v) is 8.31. The summed E-state index contributed by atoms with van der Waals surface area (Å²) >= 11 is 0. The van der Waals surface area contributed by atoms with Crippen molar-refractivity contribution < 1.29 is 56.2 Å². The summed E-state index contributed by atoms with van der Waals surface area (Å²) in [6.45, 7) is 3.94. The molecule has 1 saturated heterocycles. The van der Waals surface area contributed by atoms with Crippen LogP contribution < -0.4 is 0 Å². The summed E-state index contributed by atoms with van der Waals surface area (Å²) in [4.78, 5) is 12.8. The van der Waals surface area contributed by atoms with Gasteiger partial charge in [0.1, 0.15) is 30.5 Å². The highest BCUT2D eigenvalue weighted by atomic mass is 32.3. The van der Waals surface area contributed by atoms with Crippen molar-refractivity contribution >= 4 is 16.4 Å². The van der Waals surface area contributed by atoms with E-state index in [1.54, 1.807) is 0 Å². The van der Waals surface area contributed by atoms with Crippen LogP contribution in [0.1, 0.15) is 219 Å². The second-order valence-electron chi connectivity index (χ2n) is 17.8. The van der Waals surface area contributed by atoms with Crippen LogP contribution in [0.25, 0.3) is 0 Å². The normalized spacial score (nSPS) is 20.0. The zero-order valence-electron chi connectivity index (χ0n) is 40.3. The molecule has 12 nitrogen and oxygen atoms in total. The van der Waals surface area contributed by atoms with Gasteiger partial charge in [-0.3, -0.25) is 9.35 Å². The second-order valence-corrected chi connectivity index (χ2v) is 18.8. The Kier molecular flexibility index (Phi) is 40.2. The van der Waals surface area contributed by atoms with Crippen molar-refractivity contribution in [2.24, 2.45) is 0 Å². The van der Waals surface area contributed by atoms with Gasteiger partial charge >= 0.3 is 16.4 Å². The summed E-state index contributed by atoms with van der Waals surface area (Å²) in [6, 6.07) is 0. The number of aliphatic hydroxyl groups excluding tert-OH is 3. The maximum Gasteiger partial charge on any atom is 0.397 e. The average Bonchev–Trinajstić information content (AvgIpc) is 3.27. The largest absolute Gasteiger partial charge is 0.457 e. The van der Waals surface area contributed by atoms with Gasteiger partial charge in [-0.2, -0.15) is 8.42 Å². The van der Waals surface area contributed by atoms with E-state index in [-0.39, 0.29) is 19.6 Å². The summed E-state index contributed by atoms with van der Waals surface area (Å²) in [6.07, 6.45) is 42.0. The van der Waals surface area contributed by atoms with Crippen LogP contribution in [0.5, 0.6) is 0 Å². The Hall–Kier alpha value is -1.68. The van der Waals surface area contributed by atoms with Gasteiger partial charge in [0.15, 0.2) is 6.29 Å². The van der Waals surface area contributed by atoms with Gasteiger partial charge in [0, 0.05) is 13.0 Å². The molecule has 1 fully saturated rings. The zero-order chi connectivity index (χ0) is 46.8. The first-order valence-corrected chi connectivity index (χ1v) is 27.1. The second kappa shape index (κ2) is 42.7. The van der Waals surface area contributed by atoms with Crippen LogP contribution in [0.2, 0.25) is 0 Å². The zero-order valence-corrected chi connectivity index (χ0v) is 41.2. The standard InChI is InChI=1S/C51H94O12S/c1-3-5-7-9-11-13-15-16-17-18-19-20-21-22-23-24-25-26-27-28-29-31-33-35-37-39-41-59-43-45(61-47(53)40-38-36-34-32-30-14-12-10-8-6-4-2)44-60-51-49(55)50(63-64(56,57)58)48(54)46(42-52)62-51/h10,12,15-16,18-19,45-46,48-52,54-55H,3-9,11,13-14,17,20-44H2,1-2H3,(H,56,57,58)/b12-10-,16-15-,19-18-. The molecule has 4 N–H and O–H groups in total. The van der Waals surface area contributed by atoms with Crippen molar-refractivity contribution in [2.45, 2.75) is 256 Å². The highest BCUT2D eigenvalue weighted by molar-refractivity contribution is 7.80. The smallest absolute Gasteiger partial charge is 0.397 e. The predicted octanol–water partition coefficient (Wildman–Crippen LogP) is 11.7. The number of ether oxygens (including phenoxy) is 4. The van der Waals surface area contributed by atoms with Gasteiger partial charge in [-0.1, -0.05) is 185 Å². The molecule has 1 aliphatic rings. The van der Waals surface area contributed by atoms with Crippen molar-refractivity contribution in [3.8, 4) is 0 Å². The van der Waals surface area contributed by atoms with Crippen LogP contribution in [0.3, 0.4) is 0 Å². The minimum Gasteiger partial charge on any atom is -0.457 e. The number of unbranched alkanes of at least 4 members (excludes halogenated alkanes) is 26. The summed E-state index contributed by atoms with van der Waals surface area (Å²) in [5.41, 5.74) is 0. The lowest BCUT2D eigenvalue weighted by molar-refractivity contribution is -0.301. The number of rotatable bonds is 45. The molecule has 64 heavy (non-hydrogen) atoms. The molecule has 0 aromatic carbocycles. The number of carbonyl (C=O) groups excluding carboxylic acids is 1. The Morgan fingerprint density at radius 2 is 1.05 bits per heavy atom. The third-order valence-corrected chi connectivity index (χ3v) is 12.2. The Balaban J connectivity index is 2.27. The van der Waals surface area contributed by atoms with Crippen molar-refractivity contribution in [1.29, 1.82) is 0 Å². The van der Waals surface area contributed by atoms with Crippen molar-refractivity contribution in [2.75, 3.05) is 26.4 Å². The fourth-order valence-electron chi connectivity index (χ4n) is 7.80. The van der Waals surface area contributed by atoms with Crippen LogP contribution in [0, 0.1) is 0 Å². The van der Waals surface area contributed by atoms with Crippen molar-refractivity contribution in [1.82, 2.24) is 0 Å². The molecule has 0 radical (unpaired) electrons. The lowest BCUT2D eigenvalue weighted by atomic mass is 9.99. The SMILES string of the molecule is CCCC/C=C\CCCCCCCC(=O)OC(COCCCCCCCCCCCCCCCC/C=C\C/C=C\CCCCCCC)COC1OC(CO)C(O)C(OS(=O)(=O)O)C1O. The van der Waals surface area contributed by atoms with Crippen molar-refractivity contribution in [3.63, 3.8) is 0 Å². The van der Waals surface area contributed by atoms with Gasteiger partial charge in [0.25, 0.3) is 0 Å². The molecule has 0 aromatic rings. The van der Waals surface area contributed by atoms with Gasteiger partial charge in [0.05, 0.1) is 19.8 Å². The first kappa shape index (κ1) is 60.3. The Morgan fingerprint density at radius 1 is 0.594 bits per heavy atom. The Bertz CT molecular complexity index is 1260. The van der Waals surface area contributed by atoms with Crippen molar-refractivity contribution in [3.05, 3.63) is 36.5 Å². The molecule has 6 atom stereocenters. The van der Waals surface area contributed by atoms with E-state index in [1.165, 1.54) is 128 Å². The molecular formula is C51H94O12S. The third kappa shape index (κ3) is 35.5. The molecule has 6 unspecified atom stereocenters. The van der Waals surface area contributed by atoms with Crippen LogP contribution in [0.4, 0.5) is 0 Å². The molecule has 13 heteroatoms. The first-order chi connectivity index (χ1) is 31.1. The Morgan fingerprint density at radius 3 is 1.55 bits per heavy atom. The lowest BCUT2D eigenvalue weighted by Crippen LogP contribution is -2.60. The number of hydrogen-bond acceptors (Lipinski definition) is 11. The van der Waals surface area contributed by atoms with Gasteiger partial charge < -0.3 is 34.3 Å². The van der Waals surface area contributed by atoms with E-state index in [2.05, 4.69) is 54.5 Å². The number of hydrogen-bond donors (Lipinski definition) is 4. The summed E-state index contributed by atoms with van der Waals surface area (Å²) in [5.74, 6) is -0.408. The van der Waals surface area contributed by atoms with Gasteiger partial charge in [0.2, 0.25) is 0 Å². The van der Waals surface area contributed by atoms with Crippen LogP contribution in [-0.2, 0) is 38.3 Å².